The van der Waals surface area contributed by atoms with Crippen molar-refractivity contribution in [2.45, 2.75) is 37.3 Å². The number of anilines is 1. The molecule has 1 aromatic heterocycles. The second-order valence-electron chi connectivity index (χ2n) is 8.26. The Morgan fingerprint density at radius 1 is 1.22 bits per heavy atom. The van der Waals surface area contributed by atoms with Crippen molar-refractivity contribution < 1.29 is 23.4 Å². The highest BCUT2D eigenvalue weighted by atomic mass is 19.2. The highest BCUT2D eigenvalue weighted by Crippen LogP contribution is 2.60. The van der Waals surface area contributed by atoms with Crippen LogP contribution >= 0.6 is 0 Å². The molecule has 1 spiro atoms. The van der Waals surface area contributed by atoms with E-state index >= 15 is 0 Å². The van der Waals surface area contributed by atoms with Crippen LogP contribution in [0.1, 0.15) is 35.6 Å². The zero-order valence-corrected chi connectivity index (χ0v) is 17.5. The molecule has 2 atom stereocenters. The predicted octanol–water partition coefficient (Wildman–Crippen LogP) is 3.74. The van der Waals surface area contributed by atoms with Crippen LogP contribution < -0.4 is 15.4 Å². The first-order valence-electron chi connectivity index (χ1n) is 10.3. The number of para-hydroxylation sites is 1. The van der Waals surface area contributed by atoms with Gasteiger partial charge in [0.2, 0.25) is 5.88 Å². The molecule has 1 heterocycles. The fourth-order valence-electron chi connectivity index (χ4n) is 4.61. The van der Waals surface area contributed by atoms with E-state index in [0.717, 1.165) is 17.8 Å². The molecule has 3 N–H and O–H groups in total. The number of aliphatic hydroxyl groups is 1. The average molecular weight is 440 g/mol. The Kier molecular flexibility index (Phi) is 4.67. The third kappa shape index (κ3) is 3.03. The summed E-state index contributed by atoms with van der Waals surface area (Å²) in [4.78, 5) is 13.0. The first kappa shape index (κ1) is 20.4. The van der Waals surface area contributed by atoms with E-state index in [-0.39, 0.29) is 0 Å². The van der Waals surface area contributed by atoms with E-state index in [2.05, 4.69) is 15.7 Å². The number of aliphatic hydroxyl groups excluding tert-OH is 1. The number of nitrogens with one attached hydrogen (secondary N) is 2. The highest BCUT2D eigenvalue weighted by molar-refractivity contribution is 5.90. The van der Waals surface area contributed by atoms with E-state index in [0.29, 0.717) is 41.2 Å². The Balaban J connectivity index is 1.44. The van der Waals surface area contributed by atoms with Gasteiger partial charge in [-0.05, 0) is 55.2 Å². The maximum atomic E-state index is 14.0. The molecule has 32 heavy (non-hydrogen) atoms. The molecule has 2 aromatic carbocycles. The number of carbonyl (C=O) groups excluding carboxylic acids is 1. The van der Waals surface area contributed by atoms with E-state index in [1.165, 1.54) is 7.11 Å². The number of nitrogens with zero attached hydrogens (tertiary/aromatic N) is 2. The summed E-state index contributed by atoms with van der Waals surface area (Å²) < 4.78 is 34.7. The lowest BCUT2D eigenvalue weighted by atomic mass is 9.96. The standard InChI is InChI=1S/C23H22F2N4O3/c1-12-20(29(28-21(12)32-2)13-6-4-3-5-7-13)27-22(31)26-18-14-10-16(24)17(25)11-15(14)23(8-9-23)19(18)30/h3-7,10-11,18-19,30H,8-9H2,1-2H3,(H2,26,27,31). The van der Waals surface area contributed by atoms with Gasteiger partial charge in [0.15, 0.2) is 11.6 Å². The molecule has 3 aromatic rings. The van der Waals surface area contributed by atoms with Crippen LogP contribution in [0.25, 0.3) is 5.69 Å². The van der Waals surface area contributed by atoms with E-state index in [1.54, 1.807) is 11.6 Å². The predicted molar refractivity (Wildman–Crippen MR) is 113 cm³/mol. The third-order valence-electron chi connectivity index (χ3n) is 6.43. The summed E-state index contributed by atoms with van der Waals surface area (Å²) in [6.07, 6.45) is 0.339. The summed E-state index contributed by atoms with van der Waals surface area (Å²) in [5.74, 6) is -1.22. The average Bonchev–Trinajstić information content (AvgIpc) is 3.50. The number of fused-ring (bicyclic) bond motifs is 2. The topological polar surface area (TPSA) is 88.4 Å². The molecule has 1 fully saturated rings. The SMILES string of the molecule is COc1nn(-c2ccccc2)c(NC(=O)NC2c3cc(F)c(F)cc3C3(CC3)C2O)c1C. The van der Waals surface area contributed by atoms with Crippen molar-refractivity contribution in [1.82, 2.24) is 15.1 Å². The second kappa shape index (κ2) is 7.30. The molecule has 2 amide bonds. The molecule has 2 unspecified atom stereocenters. The van der Waals surface area contributed by atoms with Crippen LogP contribution in [-0.2, 0) is 5.41 Å². The highest BCUT2D eigenvalue weighted by Gasteiger charge is 2.59. The largest absolute Gasteiger partial charge is 0.480 e. The normalized spacial score (nSPS) is 20.2. The molecule has 0 bridgehead atoms. The van der Waals surface area contributed by atoms with Gasteiger partial charge in [0.05, 0.1) is 30.5 Å². The fraction of sp³-hybridized carbons (Fsp3) is 0.304. The summed E-state index contributed by atoms with van der Waals surface area (Å²) in [6, 6.07) is 9.96. The molecular weight excluding hydrogens is 418 g/mol. The molecule has 1 saturated carbocycles. The number of aromatic nitrogens is 2. The molecule has 7 nitrogen and oxygen atoms in total. The summed E-state index contributed by atoms with van der Waals surface area (Å²) in [6.45, 7) is 1.76. The van der Waals surface area contributed by atoms with Gasteiger partial charge in [0.1, 0.15) is 5.82 Å². The first-order valence-corrected chi connectivity index (χ1v) is 10.3. The van der Waals surface area contributed by atoms with Gasteiger partial charge in [0.25, 0.3) is 0 Å². The number of hydrogen-bond donors (Lipinski definition) is 3. The van der Waals surface area contributed by atoms with Gasteiger partial charge in [-0.1, -0.05) is 18.2 Å². The second-order valence-corrected chi connectivity index (χ2v) is 8.26. The maximum absolute atomic E-state index is 14.0. The maximum Gasteiger partial charge on any atom is 0.320 e. The molecule has 0 radical (unpaired) electrons. The lowest BCUT2D eigenvalue weighted by Gasteiger charge is -2.21. The molecular formula is C23H22F2N4O3. The molecule has 166 valence electrons. The van der Waals surface area contributed by atoms with Crippen molar-refractivity contribution in [3.05, 3.63) is 70.8 Å². The van der Waals surface area contributed by atoms with Crippen molar-refractivity contribution in [3.8, 4) is 11.6 Å². The molecule has 9 heteroatoms. The van der Waals surface area contributed by atoms with Gasteiger partial charge >= 0.3 is 6.03 Å². The van der Waals surface area contributed by atoms with Crippen LogP contribution in [0.2, 0.25) is 0 Å². The molecule has 0 aliphatic heterocycles. The number of hydrogen-bond acceptors (Lipinski definition) is 4. The Bertz CT molecular complexity index is 1210. The summed E-state index contributed by atoms with van der Waals surface area (Å²) in [5, 5.41) is 20.8. The van der Waals surface area contributed by atoms with Crippen molar-refractivity contribution in [3.63, 3.8) is 0 Å². The van der Waals surface area contributed by atoms with Gasteiger partial charge in [-0.2, -0.15) is 0 Å². The van der Waals surface area contributed by atoms with Gasteiger partial charge in [0, 0.05) is 5.41 Å². The fourth-order valence-corrected chi connectivity index (χ4v) is 4.61. The van der Waals surface area contributed by atoms with Crippen molar-refractivity contribution in [1.29, 1.82) is 0 Å². The summed E-state index contributed by atoms with van der Waals surface area (Å²) >= 11 is 0. The van der Waals surface area contributed by atoms with Gasteiger partial charge in [-0.3, -0.25) is 5.32 Å². The Morgan fingerprint density at radius 3 is 2.56 bits per heavy atom. The van der Waals surface area contributed by atoms with Crippen LogP contribution in [0.15, 0.2) is 42.5 Å². The van der Waals surface area contributed by atoms with Crippen LogP contribution in [0.5, 0.6) is 5.88 Å². The minimum absolute atomic E-state index is 0.352. The van der Waals surface area contributed by atoms with Crippen LogP contribution in [0.4, 0.5) is 19.4 Å². The van der Waals surface area contributed by atoms with E-state index in [1.807, 2.05) is 30.3 Å². The molecule has 0 saturated heterocycles. The quantitative estimate of drug-likeness (QED) is 0.577. The number of carbonyl (C=O) groups is 1. The van der Waals surface area contributed by atoms with Crippen LogP contribution in [0.3, 0.4) is 0 Å². The van der Waals surface area contributed by atoms with E-state index < -0.39 is 35.2 Å². The minimum atomic E-state index is -1.01. The molecule has 5 rings (SSSR count). The number of methoxy groups -OCH3 is 1. The summed E-state index contributed by atoms with van der Waals surface area (Å²) in [7, 11) is 1.49. The Labute approximate surface area is 183 Å². The molecule has 2 aliphatic carbocycles. The summed E-state index contributed by atoms with van der Waals surface area (Å²) in [5.41, 5.74) is 1.66. The Morgan fingerprint density at radius 2 is 1.91 bits per heavy atom. The lowest BCUT2D eigenvalue weighted by Crippen LogP contribution is -2.39. The number of benzene rings is 2. The molecule has 2 aliphatic rings. The zero-order chi connectivity index (χ0) is 22.6. The Hall–Kier alpha value is -3.46. The third-order valence-corrected chi connectivity index (χ3v) is 6.43. The van der Waals surface area contributed by atoms with Crippen LogP contribution in [0, 0.1) is 18.6 Å². The number of urea groups is 1. The number of ether oxygens (including phenoxy) is 1. The minimum Gasteiger partial charge on any atom is -0.480 e. The zero-order valence-electron chi connectivity index (χ0n) is 17.5. The van der Waals surface area contributed by atoms with Crippen molar-refractivity contribution in [2.75, 3.05) is 12.4 Å². The lowest BCUT2D eigenvalue weighted by molar-refractivity contribution is 0.109. The van der Waals surface area contributed by atoms with Gasteiger partial charge < -0.3 is 15.2 Å². The van der Waals surface area contributed by atoms with Gasteiger partial charge in [-0.15, -0.1) is 5.10 Å². The first-order chi connectivity index (χ1) is 15.4. The van der Waals surface area contributed by atoms with Crippen LogP contribution in [-0.4, -0.2) is 34.1 Å². The monoisotopic (exact) mass is 440 g/mol. The van der Waals surface area contributed by atoms with E-state index in [9.17, 15) is 18.7 Å². The smallest absolute Gasteiger partial charge is 0.320 e. The van der Waals surface area contributed by atoms with Crippen molar-refractivity contribution in [2.24, 2.45) is 0 Å². The van der Waals surface area contributed by atoms with Gasteiger partial charge in [-0.25, -0.2) is 18.3 Å². The van der Waals surface area contributed by atoms with Crippen molar-refractivity contribution >= 4 is 11.8 Å². The number of rotatable bonds is 4. The van der Waals surface area contributed by atoms with E-state index in [4.69, 9.17) is 4.74 Å². The number of amides is 2. The number of halogens is 2.